The number of hydrogen-bond donors (Lipinski definition) is 3. The van der Waals surface area contributed by atoms with Gasteiger partial charge in [0.2, 0.25) is 5.91 Å². The average Bonchev–Trinajstić information content (AvgIpc) is 2.38. The summed E-state index contributed by atoms with van der Waals surface area (Å²) < 4.78 is 4.78. The van der Waals surface area contributed by atoms with E-state index in [1.54, 1.807) is 0 Å². The summed E-state index contributed by atoms with van der Waals surface area (Å²) in [6.45, 7) is 0.541. The molecule has 7 nitrogen and oxygen atoms in total. The van der Waals surface area contributed by atoms with Crippen molar-refractivity contribution in [3.63, 3.8) is 0 Å². The summed E-state index contributed by atoms with van der Waals surface area (Å²) in [6, 6.07) is 4.00. The molecule has 0 aliphatic carbocycles. The number of likely N-dealkylation sites (N-methyl/N-ethyl adjacent to an activating group) is 1. The van der Waals surface area contributed by atoms with Gasteiger partial charge < -0.3 is 25.2 Å². The van der Waals surface area contributed by atoms with Gasteiger partial charge in [-0.05, 0) is 12.1 Å². The van der Waals surface area contributed by atoms with Crippen molar-refractivity contribution in [2.45, 2.75) is 0 Å². The lowest BCUT2D eigenvalue weighted by Gasteiger charge is -2.18. The van der Waals surface area contributed by atoms with Crippen molar-refractivity contribution in [1.82, 2.24) is 10.2 Å². The van der Waals surface area contributed by atoms with Gasteiger partial charge in [-0.1, -0.05) is 6.07 Å². The third-order valence-corrected chi connectivity index (χ3v) is 2.59. The Labute approximate surface area is 116 Å². The van der Waals surface area contributed by atoms with Crippen molar-refractivity contribution >= 4 is 11.8 Å². The lowest BCUT2D eigenvalue weighted by Crippen LogP contribution is -2.39. The molecule has 0 bridgehead atoms. The molecule has 3 N–H and O–H groups in total. The van der Waals surface area contributed by atoms with Gasteiger partial charge in [-0.25, -0.2) is 0 Å². The van der Waals surface area contributed by atoms with E-state index in [1.807, 2.05) is 0 Å². The van der Waals surface area contributed by atoms with Gasteiger partial charge in [-0.15, -0.1) is 0 Å². The number of carbonyl (C=O) groups is 2. The number of ether oxygens (including phenoxy) is 1. The molecule has 0 fully saturated rings. The first-order chi connectivity index (χ1) is 9.47. The van der Waals surface area contributed by atoms with E-state index in [1.165, 1.54) is 32.4 Å². The van der Waals surface area contributed by atoms with E-state index in [0.29, 0.717) is 13.2 Å². The highest BCUT2D eigenvalue weighted by Gasteiger charge is 2.21. The van der Waals surface area contributed by atoms with Gasteiger partial charge in [-0.3, -0.25) is 9.59 Å². The van der Waals surface area contributed by atoms with E-state index in [-0.39, 0.29) is 29.5 Å². The second-order valence-corrected chi connectivity index (χ2v) is 4.18. The van der Waals surface area contributed by atoms with Crippen LogP contribution in [-0.4, -0.2) is 60.8 Å². The monoisotopic (exact) mass is 282 g/mol. The number of carbonyl (C=O) groups excluding carboxylic acids is 2. The smallest absolute Gasteiger partial charge is 0.261 e. The zero-order valence-electron chi connectivity index (χ0n) is 11.4. The van der Waals surface area contributed by atoms with E-state index in [0.717, 1.165) is 4.90 Å². The maximum absolute atomic E-state index is 12.1. The first-order valence-corrected chi connectivity index (χ1v) is 5.99. The molecular weight excluding hydrogens is 264 g/mol. The third-order valence-electron chi connectivity index (χ3n) is 2.59. The van der Waals surface area contributed by atoms with Crippen LogP contribution in [0.15, 0.2) is 18.2 Å². The maximum Gasteiger partial charge on any atom is 0.261 e. The number of aromatic hydroxyl groups is 2. The normalized spacial score (nSPS) is 10.1. The molecular formula is C13H18N2O5. The number of phenols is 2. The summed E-state index contributed by atoms with van der Waals surface area (Å²) >= 11 is 0. The van der Waals surface area contributed by atoms with Gasteiger partial charge in [0.05, 0.1) is 13.2 Å². The Kier molecular flexibility index (Phi) is 5.79. The first-order valence-electron chi connectivity index (χ1n) is 5.99. The van der Waals surface area contributed by atoms with Crippen molar-refractivity contribution in [3.05, 3.63) is 23.8 Å². The SMILES string of the molecule is COCCNC(=O)CN(C)C(=O)c1c(O)cccc1O. The summed E-state index contributed by atoms with van der Waals surface area (Å²) in [6.07, 6.45) is 0. The number of nitrogens with zero attached hydrogens (tertiary/aromatic N) is 1. The average molecular weight is 282 g/mol. The second-order valence-electron chi connectivity index (χ2n) is 4.18. The largest absolute Gasteiger partial charge is 0.507 e. The van der Waals surface area contributed by atoms with Gasteiger partial charge >= 0.3 is 0 Å². The fourth-order valence-electron chi connectivity index (χ4n) is 1.57. The molecule has 0 radical (unpaired) electrons. The number of methoxy groups -OCH3 is 1. The number of nitrogens with one attached hydrogen (secondary N) is 1. The molecule has 0 saturated carbocycles. The Morgan fingerprint density at radius 3 is 2.45 bits per heavy atom. The molecule has 0 aliphatic heterocycles. The summed E-state index contributed by atoms with van der Waals surface area (Å²) in [5.41, 5.74) is -0.223. The fourth-order valence-corrected chi connectivity index (χ4v) is 1.57. The number of amides is 2. The number of benzene rings is 1. The second kappa shape index (κ2) is 7.34. The van der Waals surface area contributed by atoms with Crippen molar-refractivity contribution in [1.29, 1.82) is 0 Å². The fraction of sp³-hybridized carbons (Fsp3) is 0.385. The molecule has 7 heteroatoms. The molecule has 0 atom stereocenters. The van der Waals surface area contributed by atoms with Gasteiger partial charge in [0.1, 0.15) is 17.1 Å². The quantitative estimate of drug-likeness (QED) is 0.634. The van der Waals surface area contributed by atoms with Crippen LogP contribution in [0.25, 0.3) is 0 Å². The van der Waals surface area contributed by atoms with Crippen LogP contribution >= 0.6 is 0 Å². The predicted molar refractivity (Wildman–Crippen MR) is 71.6 cm³/mol. The predicted octanol–water partition coefficient (Wildman–Crippen LogP) is -0.0676. The van der Waals surface area contributed by atoms with E-state index in [2.05, 4.69) is 5.32 Å². The van der Waals surface area contributed by atoms with Crippen LogP contribution in [0, 0.1) is 0 Å². The Morgan fingerprint density at radius 2 is 1.90 bits per heavy atom. The van der Waals surface area contributed by atoms with Crippen molar-refractivity contribution in [3.8, 4) is 11.5 Å². The first kappa shape index (κ1) is 15.8. The zero-order valence-corrected chi connectivity index (χ0v) is 11.4. The number of hydrogen-bond acceptors (Lipinski definition) is 5. The minimum Gasteiger partial charge on any atom is -0.507 e. The molecule has 0 saturated heterocycles. The Balaban J connectivity index is 2.65. The minimum atomic E-state index is -0.637. The van der Waals surface area contributed by atoms with Crippen LogP contribution in [0.1, 0.15) is 10.4 Å². The van der Waals surface area contributed by atoms with E-state index in [4.69, 9.17) is 4.74 Å². The van der Waals surface area contributed by atoms with Gasteiger partial charge in [0.15, 0.2) is 0 Å². The van der Waals surface area contributed by atoms with Crippen molar-refractivity contribution in [2.75, 3.05) is 33.9 Å². The van der Waals surface area contributed by atoms with E-state index in [9.17, 15) is 19.8 Å². The van der Waals surface area contributed by atoms with Crippen LogP contribution < -0.4 is 5.32 Å². The minimum absolute atomic E-state index is 0.184. The molecule has 0 aliphatic rings. The molecule has 110 valence electrons. The molecule has 0 aromatic heterocycles. The third kappa shape index (κ3) is 4.13. The maximum atomic E-state index is 12.1. The van der Waals surface area contributed by atoms with Crippen LogP contribution in [0.4, 0.5) is 0 Å². The van der Waals surface area contributed by atoms with Crippen molar-refractivity contribution in [2.24, 2.45) is 0 Å². The zero-order chi connectivity index (χ0) is 15.1. The van der Waals surface area contributed by atoms with Crippen LogP contribution in [0.2, 0.25) is 0 Å². The Bertz CT molecular complexity index is 469. The summed E-state index contributed by atoms with van der Waals surface area (Å²) in [4.78, 5) is 24.7. The summed E-state index contributed by atoms with van der Waals surface area (Å²) in [5.74, 6) is -1.65. The molecule has 1 aromatic rings. The molecule has 2 amide bonds. The lowest BCUT2D eigenvalue weighted by atomic mass is 10.1. The molecule has 0 spiro atoms. The molecule has 20 heavy (non-hydrogen) atoms. The molecule has 1 aromatic carbocycles. The molecule has 0 unspecified atom stereocenters. The molecule has 0 heterocycles. The van der Waals surface area contributed by atoms with E-state index >= 15 is 0 Å². The van der Waals surface area contributed by atoms with Crippen molar-refractivity contribution < 1.29 is 24.5 Å². The Hall–Kier alpha value is -2.28. The standard InChI is InChI=1S/C13H18N2O5/c1-15(8-11(18)14-6-7-20-2)13(19)12-9(16)4-3-5-10(12)17/h3-5,16-17H,6-8H2,1-2H3,(H,14,18). The van der Waals surface area contributed by atoms with E-state index < -0.39 is 5.91 Å². The highest BCUT2D eigenvalue weighted by atomic mass is 16.5. The summed E-state index contributed by atoms with van der Waals surface area (Å²) in [5, 5.41) is 21.8. The highest BCUT2D eigenvalue weighted by Crippen LogP contribution is 2.27. The van der Waals surface area contributed by atoms with Gasteiger partial charge in [0.25, 0.3) is 5.91 Å². The summed E-state index contributed by atoms with van der Waals surface area (Å²) in [7, 11) is 2.92. The van der Waals surface area contributed by atoms with Crippen LogP contribution in [0.3, 0.4) is 0 Å². The Morgan fingerprint density at radius 1 is 1.30 bits per heavy atom. The number of phenolic OH excluding ortho intramolecular Hbond substituents is 2. The van der Waals surface area contributed by atoms with Crippen LogP contribution in [0.5, 0.6) is 11.5 Å². The van der Waals surface area contributed by atoms with Gasteiger partial charge in [-0.2, -0.15) is 0 Å². The van der Waals surface area contributed by atoms with Gasteiger partial charge in [0, 0.05) is 20.7 Å². The topological polar surface area (TPSA) is 99.1 Å². The lowest BCUT2D eigenvalue weighted by molar-refractivity contribution is -0.121. The van der Waals surface area contributed by atoms with Crippen LogP contribution in [-0.2, 0) is 9.53 Å². The number of rotatable bonds is 6. The molecule has 1 rings (SSSR count). The highest BCUT2D eigenvalue weighted by molar-refractivity contribution is 6.00.